The molecule has 0 amide bonds. The van der Waals surface area contributed by atoms with Gasteiger partial charge in [-0.2, -0.15) is 0 Å². The molecule has 0 atom stereocenters. The van der Waals surface area contributed by atoms with E-state index in [1.165, 1.54) is 38.5 Å². The molecule has 0 heterocycles. The molecular weight excluding hydrogens is 278 g/mol. The fourth-order valence-corrected chi connectivity index (χ4v) is 3.41. The predicted octanol–water partition coefficient (Wildman–Crippen LogP) is 1.66. The molecule has 1 saturated carbocycles. The Morgan fingerprint density at radius 2 is 2.15 bits per heavy atom. The molecular formula is C14H21NO4S. The second kappa shape index (κ2) is 6.56. The summed E-state index contributed by atoms with van der Waals surface area (Å²) in [6.45, 7) is 0.210. The Kier molecular flexibility index (Phi) is 5.01. The van der Waals surface area contributed by atoms with Gasteiger partial charge in [-0.15, -0.1) is 0 Å². The minimum atomic E-state index is -3.51. The Bertz CT molecular complexity index is 552. The van der Waals surface area contributed by atoms with Crippen LogP contribution in [0.4, 0.5) is 0 Å². The molecule has 1 aromatic carbocycles. The Hall–Kier alpha value is -1.11. The quantitative estimate of drug-likeness (QED) is 0.803. The molecule has 0 aliphatic heterocycles. The molecule has 5 nitrogen and oxygen atoms in total. The highest BCUT2D eigenvalue weighted by Crippen LogP contribution is 2.29. The summed E-state index contributed by atoms with van der Waals surface area (Å²) < 4.78 is 32.0. The molecule has 1 aliphatic carbocycles. The van der Waals surface area contributed by atoms with E-state index in [4.69, 9.17) is 4.74 Å². The first kappa shape index (κ1) is 15.3. The second-order valence-corrected chi connectivity index (χ2v) is 6.88. The van der Waals surface area contributed by atoms with Gasteiger partial charge in [0.2, 0.25) is 10.0 Å². The highest BCUT2D eigenvalue weighted by molar-refractivity contribution is 7.89. The SMILES string of the molecule is COc1ccc(S(=O)(=O)NCCC2CCC2)cc1CO. The molecule has 0 aromatic heterocycles. The first-order chi connectivity index (χ1) is 9.56. The van der Waals surface area contributed by atoms with Crippen molar-refractivity contribution in [1.82, 2.24) is 4.72 Å². The maximum atomic E-state index is 12.2. The van der Waals surface area contributed by atoms with Gasteiger partial charge < -0.3 is 9.84 Å². The molecule has 6 heteroatoms. The molecule has 1 aromatic rings. The van der Waals surface area contributed by atoms with Crippen molar-refractivity contribution in [3.63, 3.8) is 0 Å². The van der Waals surface area contributed by atoms with E-state index in [0.717, 1.165) is 6.42 Å². The van der Waals surface area contributed by atoms with Crippen molar-refractivity contribution in [2.75, 3.05) is 13.7 Å². The zero-order valence-corrected chi connectivity index (χ0v) is 12.4. The highest BCUT2D eigenvalue weighted by Gasteiger charge is 2.20. The first-order valence-electron chi connectivity index (χ1n) is 6.84. The van der Waals surface area contributed by atoms with Crippen LogP contribution in [0.3, 0.4) is 0 Å². The molecule has 112 valence electrons. The number of ether oxygens (including phenoxy) is 1. The number of hydrogen-bond donors (Lipinski definition) is 2. The lowest BCUT2D eigenvalue weighted by Crippen LogP contribution is -2.27. The molecule has 1 fully saturated rings. The molecule has 0 radical (unpaired) electrons. The van der Waals surface area contributed by atoms with Gasteiger partial charge in [0.1, 0.15) is 5.75 Å². The number of hydrogen-bond acceptors (Lipinski definition) is 4. The van der Waals surface area contributed by atoms with Crippen molar-refractivity contribution >= 4 is 10.0 Å². The van der Waals surface area contributed by atoms with Crippen molar-refractivity contribution in [3.05, 3.63) is 23.8 Å². The molecule has 1 aliphatic rings. The lowest BCUT2D eigenvalue weighted by molar-refractivity contribution is 0.273. The minimum Gasteiger partial charge on any atom is -0.496 e. The van der Waals surface area contributed by atoms with E-state index < -0.39 is 10.0 Å². The average molecular weight is 299 g/mol. The fourth-order valence-electron chi connectivity index (χ4n) is 2.31. The van der Waals surface area contributed by atoms with E-state index in [1.54, 1.807) is 6.07 Å². The zero-order chi connectivity index (χ0) is 14.6. The monoisotopic (exact) mass is 299 g/mol. The van der Waals surface area contributed by atoms with Gasteiger partial charge in [-0.25, -0.2) is 13.1 Å². The van der Waals surface area contributed by atoms with E-state index in [-0.39, 0.29) is 11.5 Å². The number of nitrogens with one attached hydrogen (secondary N) is 1. The third-order valence-corrected chi connectivity index (χ3v) is 5.26. The number of benzene rings is 1. The average Bonchev–Trinajstić information content (AvgIpc) is 2.40. The number of methoxy groups -OCH3 is 1. The van der Waals surface area contributed by atoms with Crippen LogP contribution in [0.1, 0.15) is 31.2 Å². The van der Waals surface area contributed by atoms with Crippen LogP contribution < -0.4 is 9.46 Å². The number of aliphatic hydroxyl groups is 1. The smallest absolute Gasteiger partial charge is 0.240 e. The lowest BCUT2D eigenvalue weighted by atomic mass is 9.83. The zero-order valence-electron chi connectivity index (χ0n) is 11.6. The van der Waals surface area contributed by atoms with Gasteiger partial charge in [0.15, 0.2) is 0 Å². The molecule has 0 spiro atoms. The lowest BCUT2D eigenvalue weighted by Gasteiger charge is -2.25. The van der Waals surface area contributed by atoms with Gasteiger partial charge in [0.05, 0.1) is 18.6 Å². The van der Waals surface area contributed by atoms with Gasteiger partial charge in [0, 0.05) is 12.1 Å². The summed E-state index contributed by atoms with van der Waals surface area (Å²) in [5.74, 6) is 1.16. The van der Waals surface area contributed by atoms with Crippen LogP contribution in [0, 0.1) is 5.92 Å². The van der Waals surface area contributed by atoms with Gasteiger partial charge >= 0.3 is 0 Å². The largest absolute Gasteiger partial charge is 0.496 e. The van der Waals surface area contributed by atoms with Crippen molar-refractivity contribution in [2.24, 2.45) is 5.92 Å². The summed E-state index contributed by atoms with van der Waals surface area (Å²) in [7, 11) is -2.03. The maximum Gasteiger partial charge on any atom is 0.240 e. The summed E-state index contributed by atoms with van der Waals surface area (Å²) >= 11 is 0. The summed E-state index contributed by atoms with van der Waals surface area (Å²) in [6.07, 6.45) is 4.57. The topological polar surface area (TPSA) is 75.6 Å². The molecule has 0 bridgehead atoms. The van der Waals surface area contributed by atoms with Crippen LogP contribution >= 0.6 is 0 Å². The summed E-state index contributed by atoms with van der Waals surface area (Å²) in [5, 5.41) is 9.23. The second-order valence-electron chi connectivity index (χ2n) is 5.12. The Morgan fingerprint density at radius 3 is 2.70 bits per heavy atom. The third-order valence-electron chi connectivity index (χ3n) is 3.80. The number of sulfonamides is 1. The van der Waals surface area contributed by atoms with E-state index >= 15 is 0 Å². The van der Waals surface area contributed by atoms with Crippen molar-refractivity contribution < 1.29 is 18.3 Å². The Morgan fingerprint density at radius 1 is 1.40 bits per heavy atom. The standard InChI is InChI=1S/C14H21NO4S/c1-19-14-6-5-13(9-12(14)10-16)20(17,18)15-8-7-11-3-2-4-11/h5-6,9,11,15-16H,2-4,7-8,10H2,1H3. The van der Waals surface area contributed by atoms with E-state index in [9.17, 15) is 13.5 Å². The molecule has 2 rings (SSSR count). The van der Waals surface area contributed by atoms with Gasteiger partial charge in [-0.3, -0.25) is 0 Å². The van der Waals surface area contributed by atoms with Crippen LogP contribution in [0.2, 0.25) is 0 Å². The van der Waals surface area contributed by atoms with E-state index in [0.29, 0.717) is 23.8 Å². The van der Waals surface area contributed by atoms with Crippen molar-refractivity contribution in [1.29, 1.82) is 0 Å². The van der Waals surface area contributed by atoms with Gasteiger partial charge in [-0.05, 0) is 30.5 Å². The summed E-state index contributed by atoms with van der Waals surface area (Å²) in [4.78, 5) is 0.163. The van der Waals surface area contributed by atoms with Crippen LogP contribution in [-0.2, 0) is 16.6 Å². The third kappa shape index (κ3) is 3.50. The van der Waals surface area contributed by atoms with Crippen LogP contribution in [0.5, 0.6) is 5.75 Å². The maximum absolute atomic E-state index is 12.2. The Balaban J connectivity index is 2.03. The minimum absolute atomic E-state index is 0.163. The van der Waals surface area contributed by atoms with Crippen molar-refractivity contribution in [3.8, 4) is 5.75 Å². The fraction of sp³-hybridized carbons (Fsp3) is 0.571. The highest BCUT2D eigenvalue weighted by atomic mass is 32.2. The molecule has 0 saturated heterocycles. The normalized spacial score (nSPS) is 15.9. The number of aliphatic hydroxyl groups excluding tert-OH is 1. The molecule has 20 heavy (non-hydrogen) atoms. The van der Waals surface area contributed by atoms with Crippen LogP contribution in [0.25, 0.3) is 0 Å². The predicted molar refractivity (Wildman–Crippen MR) is 76.1 cm³/mol. The van der Waals surface area contributed by atoms with Crippen LogP contribution in [0.15, 0.2) is 23.1 Å². The van der Waals surface area contributed by atoms with Crippen molar-refractivity contribution in [2.45, 2.75) is 37.2 Å². The summed E-state index contributed by atoms with van der Waals surface area (Å²) in [6, 6.07) is 4.50. The summed E-state index contributed by atoms with van der Waals surface area (Å²) in [5.41, 5.74) is 0.467. The Labute approximate surface area is 120 Å². The van der Waals surface area contributed by atoms with E-state index in [2.05, 4.69) is 4.72 Å². The molecule has 0 unspecified atom stereocenters. The van der Waals surface area contributed by atoms with E-state index in [1.807, 2.05) is 0 Å². The molecule has 2 N–H and O–H groups in total. The van der Waals surface area contributed by atoms with Crippen LogP contribution in [-0.4, -0.2) is 27.2 Å². The van der Waals surface area contributed by atoms with Gasteiger partial charge in [0.25, 0.3) is 0 Å². The number of rotatable bonds is 7. The van der Waals surface area contributed by atoms with Gasteiger partial charge in [-0.1, -0.05) is 19.3 Å². The first-order valence-corrected chi connectivity index (χ1v) is 8.32.